The molecule has 1 aliphatic heterocycles. The molecule has 0 amide bonds. The predicted octanol–water partition coefficient (Wildman–Crippen LogP) is 2.93. The van der Waals surface area contributed by atoms with E-state index in [0.717, 1.165) is 12.8 Å². The van der Waals surface area contributed by atoms with E-state index in [1.165, 1.54) is 0 Å². The van der Waals surface area contributed by atoms with Gasteiger partial charge in [-0.1, -0.05) is 0 Å². The van der Waals surface area contributed by atoms with E-state index in [1.54, 1.807) is 0 Å². The summed E-state index contributed by atoms with van der Waals surface area (Å²) in [6.45, 7) is 7.37. The second-order valence-corrected chi connectivity index (χ2v) is 7.42. The van der Waals surface area contributed by atoms with E-state index in [9.17, 15) is 4.57 Å². The van der Waals surface area contributed by atoms with Gasteiger partial charge in [0.25, 0.3) is 0 Å². The zero-order valence-corrected chi connectivity index (χ0v) is 12.4. The molecule has 6 heteroatoms. The quantitative estimate of drug-likeness (QED) is 0.529. The van der Waals surface area contributed by atoms with Gasteiger partial charge in [-0.25, -0.2) is 0 Å². The van der Waals surface area contributed by atoms with Crippen LogP contribution in [-0.4, -0.2) is 36.9 Å². The van der Waals surface area contributed by atoms with Gasteiger partial charge < -0.3 is 18.5 Å². The lowest BCUT2D eigenvalue weighted by atomic mass is 10.3. The highest BCUT2D eigenvalue weighted by atomic mass is 31.2. The second kappa shape index (κ2) is 5.59. The number of hydrogen-bond donors (Lipinski definition) is 0. The molecule has 0 aromatic heterocycles. The summed E-state index contributed by atoms with van der Waals surface area (Å²) in [6.07, 6.45) is 2.42. The molecule has 2 aliphatic rings. The second-order valence-electron chi connectivity index (χ2n) is 5.52. The average molecular weight is 278 g/mol. The summed E-state index contributed by atoms with van der Waals surface area (Å²) >= 11 is 0. The van der Waals surface area contributed by atoms with Crippen LogP contribution in [-0.2, 0) is 23.1 Å². The Morgan fingerprint density at radius 3 is 2.06 bits per heavy atom. The Morgan fingerprint density at radius 2 is 1.61 bits per heavy atom. The third-order valence-corrected chi connectivity index (χ3v) is 4.84. The summed E-state index contributed by atoms with van der Waals surface area (Å²) < 4.78 is 34.3. The fourth-order valence-electron chi connectivity index (χ4n) is 2.27. The highest BCUT2D eigenvalue weighted by molar-refractivity contribution is 7.53. The highest BCUT2D eigenvalue weighted by Crippen LogP contribution is 2.51. The summed E-state index contributed by atoms with van der Waals surface area (Å²) in [6, 6.07) is 0. The topological polar surface area (TPSA) is 57.3 Å². The molecule has 0 aromatic carbocycles. The summed E-state index contributed by atoms with van der Waals surface area (Å²) in [4.78, 5) is 0. The molecule has 2 fully saturated rings. The standard InChI is InChI=1S/C12H23O5P/c1-8(2)16-18(13,17-9(3)4)7-14-10-5-11-12(6-10)15-11/h8-12H,5-7H2,1-4H3/t10?,11-,12+. The maximum Gasteiger partial charge on any atom is 0.356 e. The van der Waals surface area contributed by atoms with E-state index in [2.05, 4.69) is 0 Å². The van der Waals surface area contributed by atoms with Crippen LogP contribution in [0.5, 0.6) is 0 Å². The minimum atomic E-state index is -3.15. The molecule has 3 atom stereocenters. The van der Waals surface area contributed by atoms with Crippen LogP contribution >= 0.6 is 7.60 Å². The van der Waals surface area contributed by atoms with Gasteiger partial charge in [0.05, 0.1) is 30.5 Å². The first-order valence-electron chi connectivity index (χ1n) is 6.61. The monoisotopic (exact) mass is 278 g/mol. The van der Waals surface area contributed by atoms with Crippen molar-refractivity contribution in [3.8, 4) is 0 Å². The fraction of sp³-hybridized carbons (Fsp3) is 1.00. The van der Waals surface area contributed by atoms with Gasteiger partial charge in [0.1, 0.15) is 6.35 Å². The van der Waals surface area contributed by atoms with Gasteiger partial charge in [-0.2, -0.15) is 0 Å². The van der Waals surface area contributed by atoms with Gasteiger partial charge in [0.15, 0.2) is 0 Å². The SMILES string of the molecule is CC(C)OP(=O)(COC1C[C@@H]2O[C@@H]2C1)OC(C)C. The zero-order valence-electron chi connectivity index (χ0n) is 11.5. The molecule has 1 saturated heterocycles. The number of fused-ring (bicyclic) bond motifs is 1. The lowest BCUT2D eigenvalue weighted by Gasteiger charge is -2.24. The molecule has 0 bridgehead atoms. The van der Waals surface area contributed by atoms with E-state index < -0.39 is 7.60 Å². The van der Waals surface area contributed by atoms with Gasteiger partial charge in [0, 0.05) is 12.8 Å². The van der Waals surface area contributed by atoms with Gasteiger partial charge in [0.2, 0.25) is 0 Å². The molecule has 1 saturated carbocycles. The van der Waals surface area contributed by atoms with Crippen LogP contribution in [0.3, 0.4) is 0 Å². The molecule has 0 radical (unpaired) electrons. The number of epoxide rings is 1. The van der Waals surface area contributed by atoms with Gasteiger partial charge in [-0.3, -0.25) is 4.57 Å². The van der Waals surface area contributed by atoms with Crippen LogP contribution in [0.2, 0.25) is 0 Å². The molecule has 1 aliphatic carbocycles. The number of ether oxygens (including phenoxy) is 2. The van der Waals surface area contributed by atoms with E-state index in [-0.39, 0.29) is 24.7 Å². The fourth-order valence-corrected chi connectivity index (χ4v) is 4.12. The Balaban J connectivity index is 1.82. The Morgan fingerprint density at radius 1 is 1.11 bits per heavy atom. The Kier molecular flexibility index (Phi) is 4.50. The van der Waals surface area contributed by atoms with Crippen LogP contribution in [0.1, 0.15) is 40.5 Å². The smallest absolute Gasteiger partial charge is 0.356 e. The first kappa shape index (κ1) is 14.5. The van der Waals surface area contributed by atoms with Crippen molar-refractivity contribution in [2.75, 3.05) is 6.35 Å². The maximum atomic E-state index is 12.5. The predicted molar refractivity (Wildman–Crippen MR) is 67.7 cm³/mol. The van der Waals surface area contributed by atoms with Crippen LogP contribution in [0.25, 0.3) is 0 Å². The van der Waals surface area contributed by atoms with Crippen molar-refractivity contribution in [1.82, 2.24) is 0 Å². The van der Waals surface area contributed by atoms with Gasteiger partial charge >= 0.3 is 7.60 Å². The first-order chi connectivity index (χ1) is 8.38. The van der Waals surface area contributed by atoms with Crippen molar-refractivity contribution in [2.45, 2.75) is 71.1 Å². The Hall–Kier alpha value is 0.0700. The minimum absolute atomic E-state index is 0.0352. The molecule has 1 unspecified atom stereocenters. The molecule has 2 rings (SSSR count). The molecule has 0 N–H and O–H groups in total. The number of rotatable bonds is 7. The molecular weight excluding hydrogens is 255 g/mol. The lowest BCUT2D eigenvalue weighted by molar-refractivity contribution is 0.0376. The van der Waals surface area contributed by atoms with Gasteiger partial charge in [-0.15, -0.1) is 0 Å². The normalized spacial score (nSPS) is 31.1. The minimum Gasteiger partial charge on any atom is -0.369 e. The van der Waals surface area contributed by atoms with Crippen molar-refractivity contribution >= 4 is 7.60 Å². The van der Waals surface area contributed by atoms with Crippen molar-refractivity contribution < 1.29 is 23.1 Å². The van der Waals surface area contributed by atoms with Crippen LogP contribution < -0.4 is 0 Å². The van der Waals surface area contributed by atoms with E-state index in [1.807, 2.05) is 27.7 Å². The molecular formula is C12H23O5P. The zero-order chi connectivity index (χ0) is 13.3. The van der Waals surface area contributed by atoms with Crippen molar-refractivity contribution in [3.63, 3.8) is 0 Å². The van der Waals surface area contributed by atoms with Crippen LogP contribution in [0, 0.1) is 0 Å². The van der Waals surface area contributed by atoms with Crippen molar-refractivity contribution in [3.05, 3.63) is 0 Å². The summed E-state index contributed by atoms with van der Waals surface area (Å²) in [5.41, 5.74) is 0. The maximum absolute atomic E-state index is 12.5. The average Bonchev–Trinajstić information content (AvgIpc) is 2.81. The molecule has 5 nitrogen and oxygen atoms in total. The summed E-state index contributed by atoms with van der Waals surface area (Å²) in [5.74, 6) is 0. The summed E-state index contributed by atoms with van der Waals surface area (Å²) in [7, 11) is -3.15. The van der Waals surface area contributed by atoms with E-state index >= 15 is 0 Å². The highest BCUT2D eigenvalue weighted by Gasteiger charge is 2.49. The van der Waals surface area contributed by atoms with Crippen molar-refractivity contribution in [1.29, 1.82) is 0 Å². The number of hydrogen-bond acceptors (Lipinski definition) is 5. The molecule has 0 spiro atoms. The summed E-state index contributed by atoms with van der Waals surface area (Å²) in [5, 5.41) is 0. The first-order valence-corrected chi connectivity index (χ1v) is 8.33. The Labute approximate surface area is 109 Å². The molecule has 106 valence electrons. The molecule has 18 heavy (non-hydrogen) atoms. The Bertz CT molecular complexity index is 306. The van der Waals surface area contributed by atoms with E-state index in [0.29, 0.717) is 12.2 Å². The molecule has 1 heterocycles. The largest absolute Gasteiger partial charge is 0.369 e. The van der Waals surface area contributed by atoms with Gasteiger partial charge in [-0.05, 0) is 27.7 Å². The third-order valence-electron chi connectivity index (χ3n) is 2.89. The van der Waals surface area contributed by atoms with Crippen molar-refractivity contribution in [2.24, 2.45) is 0 Å². The van der Waals surface area contributed by atoms with Crippen LogP contribution in [0.4, 0.5) is 0 Å². The van der Waals surface area contributed by atoms with Crippen LogP contribution in [0.15, 0.2) is 0 Å². The lowest BCUT2D eigenvalue weighted by Crippen LogP contribution is -2.17. The van der Waals surface area contributed by atoms with E-state index in [4.69, 9.17) is 18.5 Å². The molecule has 0 aromatic rings. The third kappa shape index (κ3) is 4.04.